The van der Waals surface area contributed by atoms with E-state index in [0.717, 1.165) is 5.56 Å². The van der Waals surface area contributed by atoms with Crippen LogP contribution in [-0.4, -0.2) is 31.8 Å². The lowest BCUT2D eigenvalue weighted by Crippen LogP contribution is -2.16. The van der Waals surface area contributed by atoms with Crippen LogP contribution < -0.4 is 5.73 Å². The molecule has 0 saturated heterocycles. The van der Waals surface area contributed by atoms with Crippen molar-refractivity contribution in [1.82, 2.24) is 4.57 Å². The molecule has 86 valence electrons. The van der Waals surface area contributed by atoms with E-state index in [4.69, 9.17) is 10.5 Å². The van der Waals surface area contributed by atoms with Gasteiger partial charge in [0.2, 0.25) is 0 Å². The van der Waals surface area contributed by atoms with Crippen LogP contribution in [0.4, 0.5) is 0 Å². The van der Waals surface area contributed by atoms with Crippen molar-refractivity contribution in [3.8, 4) is 0 Å². The van der Waals surface area contributed by atoms with Gasteiger partial charge in [-0.05, 0) is 18.6 Å². The number of hydrogen-bond donors (Lipinski definition) is 1. The molecule has 5 heteroatoms. The second-order valence-electron chi connectivity index (χ2n) is 3.06. The Morgan fingerprint density at radius 2 is 2.00 bits per heavy atom. The minimum Gasteiger partial charge on any atom is -0.388 e. The lowest BCUT2D eigenvalue weighted by Gasteiger charge is -2.03. The maximum Gasteiger partial charge on any atom is 0.265 e. The van der Waals surface area contributed by atoms with Crippen molar-refractivity contribution in [3.05, 3.63) is 23.5 Å². The molecule has 1 aromatic heterocycles. The fourth-order valence-electron chi connectivity index (χ4n) is 1.11. The average molecular weight is 214 g/mol. The predicted octanol–water partition coefficient (Wildman–Crippen LogP) is 0.762. The van der Waals surface area contributed by atoms with Gasteiger partial charge in [0, 0.05) is 27.5 Å². The number of primary amides is 1. The number of ether oxygens (including phenoxy) is 2. The zero-order valence-electron chi connectivity index (χ0n) is 9.61. The lowest BCUT2D eigenvalue weighted by atomic mass is 10.3. The van der Waals surface area contributed by atoms with Gasteiger partial charge in [-0.15, -0.1) is 0 Å². The summed E-state index contributed by atoms with van der Waals surface area (Å²) in [4.78, 5) is 10.9. The summed E-state index contributed by atoms with van der Waals surface area (Å²) in [5, 5.41) is 0. The van der Waals surface area contributed by atoms with Gasteiger partial charge in [-0.2, -0.15) is 0 Å². The first-order valence-corrected chi connectivity index (χ1v) is 4.42. The second kappa shape index (κ2) is 7.03. The van der Waals surface area contributed by atoms with Gasteiger partial charge in [-0.1, -0.05) is 0 Å². The number of nitrogens with two attached hydrogens (primary N) is 1. The van der Waals surface area contributed by atoms with Crippen molar-refractivity contribution < 1.29 is 14.3 Å². The van der Waals surface area contributed by atoms with Gasteiger partial charge in [-0.3, -0.25) is 4.79 Å². The van der Waals surface area contributed by atoms with Gasteiger partial charge in [0.1, 0.15) is 12.4 Å². The van der Waals surface area contributed by atoms with E-state index in [-0.39, 0.29) is 0 Å². The molecule has 0 aliphatic heterocycles. The molecule has 0 aromatic carbocycles. The van der Waals surface area contributed by atoms with Gasteiger partial charge in [0.15, 0.2) is 0 Å². The summed E-state index contributed by atoms with van der Waals surface area (Å²) < 4.78 is 10.8. The average Bonchev–Trinajstić information content (AvgIpc) is 2.49. The Kier molecular flexibility index (Phi) is 6.40. The minimum atomic E-state index is -0.430. The predicted molar refractivity (Wildman–Crippen MR) is 57.6 cm³/mol. The van der Waals surface area contributed by atoms with Gasteiger partial charge < -0.3 is 19.8 Å². The SMILES string of the molecule is COC.COCn1cc(C)cc1C(N)=O. The first kappa shape index (κ1) is 13.7. The smallest absolute Gasteiger partial charge is 0.265 e. The van der Waals surface area contributed by atoms with Crippen molar-refractivity contribution in [2.24, 2.45) is 5.73 Å². The van der Waals surface area contributed by atoms with Crippen LogP contribution in [0.5, 0.6) is 0 Å². The van der Waals surface area contributed by atoms with Crippen molar-refractivity contribution in [2.45, 2.75) is 13.7 Å². The van der Waals surface area contributed by atoms with Crippen LogP contribution in [0.25, 0.3) is 0 Å². The third-order valence-electron chi connectivity index (χ3n) is 1.55. The molecule has 15 heavy (non-hydrogen) atoms. The Hall–Kier alpha value is -1.33. The van der Waals surface area contributed by atoms with E-state index in [1.165, 1.54) is 0 Å². The minimum absolute atomic E-state index is 0.353. The molecular formula is C10H18N2O3. The Morgan fingerprint density at radius 1 is 1.47 bits per heavy atom. The highest BCUT2D eigenvalue weighted by Crippen LogP contribution is 2.06. The maximum absolute atomic E-state index is 10.9. The van der Waals surface area contributed by atoms with Crippen LogP contribution in [0.1, 0.15) is 16.1 Å². The Bertz CT molecular complexity index is 308. The second-order valence-corrected chi connectivity index (χ2v) is 3.06. The largest absolute Gasteiger partial charge is 0.388 e. The van der Waals surface area contributed by atoms with E-state index >= 15 is 0 Å². The van der Waals surface area contributed by atoms with Crippen LogP contribution in [0.15, 0.2) is 12.3 Å². The standard InChI is InChI=1S/C8H12N2O2.C2H6O/c1-6-3-7(8(9)11)10(4-6)5-12-2;1-3-2/h3-4H,5H2,1-2H3,(H2,9,11);1-2H3. The molecule has 5 nitrogen and oxygen atoms in total. The molecule has 1 aromatic rings. The molecule has 0 radical (unpaired) electrons. The molecular weight excluding hydrogens is 196 g/mol. The highest BCUT2D eigenvalue weighted by atomic mass is 16.5. The number of aryl methyl sites for hydroxylation is 1. The van der Waals surface area contributed by atoms with Crippen molar-refractivity contribution in [1.29, 1.82) is 0 Å². The number of carbonyl (C=O) groups excluding carboxylic acids is 1. The van der Waals surface area contributed by atoms with Crippen LogP contribution >= 0.6 is 0 Å². The maximum atomic E-state index is 10.9. The lowest BCUT2D eigenvalue weighted by molar-refractivity contribution is 0.0957. The number of amides is 1. The topological polar surface area (TPSA) is 66.5 Å². The van der Waals surface area contributed by atoms with E-state index < -0.39 is 5.91 Å². The summed E-state index contributed by atoms with van der Waals surface area (Å²) in [7, 11) is 4.82. The van der Waals surface area contributed by atoms with Crippen LogP contribution in [-0.2, 0) is 16.2 Å². The molecule has 0 aliphatic carbocycles. The van der Waals surface area contributed by atoms with Gasteiger partial charge >= 0.3 is 0 Å². The Labute approximate surface area is 89.8 Å². The van der Waals surface area contributed by atoms with E-state index in [9.17, 15) is 4.79 Å². The number of nitrogens with zero attached hydrogens (tertiary/aromatic N) is 1. The monoisotopic (exact) mass is 214 g/mol. The third kappa shape index (κ3) is 4.62. The summed E-state index contributed by atoms with van der Waals surface area (Å²) in [6.07, 6.45) is 1.82. The van der Waals surface area contributed by atoms with Gasteiger partial charge in [0.25, 0.3) is 5.91 Å². The first-order chi connectivity index (χ1) is 7.06. The molecule has 0 aliphatic rings. The Balaban J connectivity index is 0.000000583. The summed E-state index contributed by atoms with van der Waals surface area (Å²) in [6, 6.07) is 1.74. The van der Waals surface area contributed by atoms with E-state index in [1.54, 1.807) is 32.0 Å². The van der Waals surface area contributed by atoms with E-state index in [2.05, 4.69) is 4.74 Å². The van der Waals surface area contributed by atoms with Gasteiger partial charge in [0.05, 0.1) is 0 Å². The number of methoxy groups -OCH3 is 2. The highest BCUT2D eigenvalue weighted by molar-refractivity contribution is 5.91. The molecule has 0 atom stereocenters. The Morgan fingerprint density at radius 3 is 2.40 bits per heavy atom. The fraction of sp³-hybridized carbons (Fsp3) is 0.500. The molecule has 0 unspecified atom stereocenters. The van der Waals surface area contributed by atoms with Crippen molar-refractivity contribution in [2.75, 3.05) is 21.3 Å². The molecule has 1 rings (SSSR count). The number of carbonyl (C=O) groups is 1. The van der Waals surface area contributed by atoms with Crippen LogP contribution in [0.2, 0.25) is 0 Å². The quantitative estimate of drug-likeness (QED) is 0.807. The number of aromatic nitrogens is 1. The highest BCUT2D eigenvalue weighted by Gasteiger charge is 2.07. The molecule has 1 amide bonds. The summed E-state index contributed by atoms with van der Waals surface area (Å²) in [5.74, 6) is -0.430. The molecule has 0 saturated carbocycles. The van der Waals surface area contributed by atoms with Gasteiger partial charge in [-0.25, -0.2) is 0 Å². The van der Waals surface area contributed by atoms with Crippen LogP contribution in [0, 0.1) is 6.92 Å². The number of hydrogen-bond acceptors (Lipinski definition) is 3. The van der Waals surface area contributed by atoms with Crippen molar-refractivity contribution in [3.63, 3.8) is 0 Å². The first-order valence-electron chi connectivity index (χ1n) is 4.42. The van der Waals surface area contributed by atoms with E-state index in [1.807, 2.05) is 13.1 Å². The summed E-state index contributed by atoms with van der Waals surface area (Å²) in [6.45, 7) is 2.25. The number of rotatable bonds is 3. The molecule has 2 N–H and O–H groups in total. The normalized spacial score (nSPS) is 9.33. The van der Waals surface area contributed by atoms with Crippen LogP contribution in [0.3, 0.4) is 0 Å². The third-order valence-corrected chi connectivity index (χ3v) is 1.55. The van der Waals surface area contributed by atoms with Crippen molar-refractivity contribution >= 4 is 5.91 Å². The summed E-state index contributed by atoms with van der Waals surface area (Å²) >= 11 is 0. The summed E-state index contributed by atoms with van der Waals surface area (Å²) in [5.41, 5.74) is 6.62. The van der Waals surface area contributed by atoms with E-state index in [0.29, 0.717) is 12.4 Å². The molecule has 0 bridgehead atoms. The zero-order chi connectivity index (χ0) is 11.8. The fourth-order valence-corrected chi connectivity index (χ4v) is 1.11. The zero-order valence-corrected chi connectivity index (χ0v) is 9.61. The molecule has 0 fully saturated rings. The molecule has 0 spiro atoms. The molecule has 1 heterocycles.